The van der Waals surface area contributed by atoms with E-state index in [0.717, 1.165) is 22.6 Å². The second-order valence-corrected chi connectivity index (χ2v) is 14.9. The van der Waals surface area contributed by atoms with Gasteiger partial charge < -0.3 is 4.90 Å². The van der Waals surface area contributed by atoms with E-state index >= 15 is 0 Å². The third-order valence-electron chi connectivity index (χ3n) is 11.3. The fraction of sp³-hybridized carbons (Fsp3) is 0. The lowest BCUT2D eigenvalue weighted by Gasteiger charge is -2.27. The van der Waals surface area contributed by atoms with E-state index in [9.17, 15) is 0 Å². The van der Waals surface area contributed by atoms with Crippen molar-refractivity contribution in [3.63, 3.8) is 0 Å². The SMILES string of the molecule is c1ccc(-c2ccc(N(c3ccc(-c4ccc5ccccc5c4)cc3)c3cccc(-c4cccc(-c5ccccc5)c4-c4ccccc4-c4ccccc4)c3)cc2)cc1. The first-order valence-electron chi connectivity index (χ1n) is 20.3. The Morgan fingerprint density at radius 2 is 0.627 bits per heavy atom. The van der Waals surface area contributed by atoms with Gasteiger partial charge in [0.2, 0.25) is 0 Å². The molecule has 0 aliphatic heterocycles. The summed E-state index contributed by atoms with van der Waals surface area (Å²) in [6.45, 7) is 0. The Bertz CT molecular complexity index is 3000. The summed E-state index contributed by atoms with van der Waals surface area (Å²) in [5.41, 5.74) is 17.6. The van der Waals surface area contributed by atoms with E-state index in [4.69, 9.17) is 0 Å². The standard InChI is InChI=1S/C58H41N/c1-4-16-42(17-5-1)44-32-36-51(37-33-44)59(52-38-34-45(35-39-52)49-31-30-43-18-10-11-23-48(43)40-49)53-25-14-24-50(41-53)56-29-15-28-55(47-21-8-3-9-22-47)58(56)57-27-13-12-26-54(57)46-19-6-2-7-20-46/h1-41H. The van der Waals surface area contributed by atoms with E-state index in [-0.39, 0.29) is 0 Å². The van der Waals surface area contributed by atoms with Gasteiger partial charge in [-0.1, -0.05) is 206 Å². The van der Waals surface area contributed by atoms with Gasteiger partial charge in [-0.15, -0.1) is 0 Å². The fourth-order valence-electron chi connectivity index (χ4n) is 8.38. The summed E-state index contributed by atoms with van der Waals surface area (Å²) in [5.74, 6) is 0. The van der Waals surface area contributed by atoms with Crippen molar-refractivity contribution in [2.75, 3.05) is 4.90 Å². The van der Waals surface area contributed by atoms with E-state index in [1.165, 1.54) is 72.0 Å². The number of hydrogen-bond acceptors (Lipinski definition) is 1. The Morgan fingerprint density at radius 3 is 1.27 bits per heavy atom. The summed E-state index contributed by atoms with van der Waals surface area (Å²) < 4.78 is 0. The van der Waals surface area contributed by atoms with Gasteiger partial charge in [0.25, 0.3) is 0 Å². The average Bonchev–Trinajstić information content (AvgIpc) is 3.32. The third-order valence-corrected chi connectivity index (χ3v) is 11.3. The lowest BCUT2D eigenvalue weighted by molar-refractivity contribution is 1.28. The molecule has 0 unspecified atom stereocenters. The zero-order chi connectivity index (χ0) is 39.4. The maximum atomic E-state index is 2.38. The van der Waals surface area contributed by atoms with E-state index < -0.39 is 0 Å². The Labute approximate surface area is 346 Å². The highest BCUT2D eigenvalue weighted by Gasteiger charge is 2.20. The second-order valence-electron chi connectivity index (χ2n) is 14.9. The lowest BCUT2D eigenvalue weighted by atomic mass is 9.84. The summed E-state index contributed by atoms with van der Waals surface area (Å²) in [7, 11) is 0. The molecule has 0 bridgehead atoms. The predicted octanol–water partition coefficient (Wildman–Crippen LogP) is 16.3. The van der Waals surface area contributed by atoms with Crippen LogP contribution in [-0.4, -0.2) is 0 Å². The molecule has 10 rings (SSSR count). The van der Waals surface area contributed by atoms with Crippen molar-refractivity contribution in [3.8, 4) is 66.8 Å². The number of benzene rings is 10. The molecule has 0 saturated carbocycles. The zero-order valence-corrected chi connectivity index (χ0v) is 32.6. The number of anilines is 3. The maximum Gasteiger partial charge on any atom is 0.0467 e. The Morgan fingerprint density at radius 1 is 0.203 bits per heavy atom. The van der Waals surface area contributed by atoms with Crippen LogP contribution in [0.2, 0.25) is 0 Å². The average molecular weight is 752 g/mol. The Hall–Kier alpha value is -7.74. The molecular formula is C58H41N. The molecule has 0 saturated heterocycles. The highest BCUT2D eigenvalue weighted by Crippen LogP contribution is 2.45. The summed E-state index contributed by atoms with van der Waals surface area (Å²) >= 11 is 0. The third kappa shape index (κ3) is 7.23. The molecule has 0 N–H and O–H groups in total. The Kier molecular flexibility index (Phi) is 9.68. The molecule has 59 heavy (non-hydrogen) atoms. The van der Waals surface area contributed by atoms with Gasteiger partial charge in [0, 0.05) is 17.1 Å². The molecule has 0 amide bonds. The van der Waals surface area contributed by atoms with Crippen LogP contribution in [0.5, 0.6) is 0 Å². The topological polar surface area (TPSA) is 3.24 Å². The molecule has 1 nitrogen and oxygen atoms in total. The minimum atomic E-state index is 1.08. The summed E-state index contributed by atoms with van der Waals surface area (Å²) in [6.07, 6.45) is 0. The van der Waals surface area contributed by atoms with Crippen molar-refractivity contribution in [1.29, 1.82) is 0 Å². The number of rotatable bonds is 9. The number of fused-ring (bicyclic) bond motifs is 1. The first-order chi connectivity index (χ1) is 29.3. The predicted molar refractivity (Wildman–Crippen MR) is 251 cm³/mol. The van der Waals surface area contributed by atoms with Crippen LogP contribution in [-0.2, 0) is 0 Å². The van der Waals surface area contributed by atoms with Gasteiger partial charge >= 0.3 is 0 Å². The van der Waals surface area contributed by atoms with Gasteiger partial charge in [-0.3, -0.25) is 0 Å². The molecule has 0 radical (unpaired) electrons. The highest BCUT2D eigenvalue weighted by atomic mass is 15.1. The molecule has 0 atom stereocenters. The van der Waals surface area contributed by atoms with Crippen LogP contribution < -0.4 is 4.90 Å². The molecule has 0 heterocycles. The second kappa shape index (κ2) is 16.0. The largest absolute Gasteiger partial charge is 0.310 e. The van der Waals surface area contributed by atoms with Gasteiger partial charge in [0.05, 0.1) is 0 Å². The number of nitrogens with zero attached hydrogens (tertiary/aromatic N) is 1. The minimum Gasteiger partial charge on any atom is -0.310 e. The van der Waals surface area contributed by atoms with Crippen molar-refractivity contribution in [2.45, 2.75) is 0 Å². The minimum absolute atomic E-state index is 1.08. The van der Waals surface area contributed by atoms with Gasteiger partial charge in [0.1, 0.15) is 0 Å². The smallest absolute Gasteiger partial charge is 0.0467 e. The first-order valence-corrected chi connectivity index (χ1v) is 20.3. The van der Waals surface area contributed by atoms with Crippen molar-refractivity contribution >= 4 is 27.8 Å². The number of hydrogen-bond donors (Lipinski definition) is 0. The van der Waals surface area contributed by atoms with Crippen molar-refractivity contribution in [2.24, 2.45) is 0 Å². The van der Waals surface area contributed by atoms with E-state index in [0.29, 0.717) is 0 Å². The van der Waals surface area contributed by atoms with Crippen LogP contribution in [0.1, 0.15) is 0 Å². The zero-order valence-electron chi connectivity index (χ0n) is 32.6. The summed E-state index contributed by atoms with van der Waals surface area (Å²) in [5, 5.41) is 2.49. The van der Waals surface area contributed by atoms with Crippen LogP contribution in [0, 0.1) is 0 Å². The van der Waals surface area contributed by atoms with Crippen molar-refractivity contribution < 1.29 is 0 Å². The van der Waals surface area contributed by atoms with E-state index in [2.05, 4.69) is 254 Å². The molecule has 0 fully saturated rings. The van der Waals surface area contributed by atoms with Crippen LogP contribution in [0.15, 0.2) is 249 Å². The van der Waals surface area contributed by atoms with Gasteiger partial charge in [-0.2, -0.15) is 0 Å². The van der Waals surface area contributed by atoms with Crippen LogP contribution in [0.4, 0.5) is 17.1 Å². The molecule has 0 spiro atoms. The van der Waals surface area contributed by atoms with Crippen LogP contribution in [0.3, 0.4) is 0 Å². The van der Waals surface area contributed by atoms with Crippen molar-refractivity contribution in [1.82, 2.24) is 0 Å². The molecule has 278 valence electrons. The maximum absolute atomic E-state index is 2.38. The van der Waals surface area contributed by atoms with Crippen molar-refractivity contribution in [3.05, 3.63) is 249 Å². The summed E-state index contributed by atoms with van der Waals surface area (Å²) in [4.78, 5) is 2.38. The Balaban J connectivity index is 1.12. The van der Waals surface area contributed by atoms with Crippen LogP contribution in [0.25, 0.3) is 77.5 Å². The molecule has 1 heteroatoms. The monoisotopic (exact) mass is 751 g/mol. The summed E-state index contributed by atoms with van der Waals surface area (Å²) in [6, 6.07) is 89.9. The normalized spacial score (nSPS) is 11.1. The molecule has 0 aromatic heterocycles. The molecule has 0 aliphatic carbocycles. The quantitative estimate of drug-likeness (QED) is 0.142. The van der Waals surface area contributed by atoms with Gasteiger partial charge in [0.15, 0.2) is 0 Å². The molecule has 10 aromatic rings. The fourth-order valence-corrected chi connectivity index (χ4v) is 8.38. The van der Waals surface area contributed by atoms with E-state index in [1.54, 1.807) is 0 Å². The van der Waals surface area contributed by atoms with E-state index in [1.807, 2.05) is 0 Å². The van der Waals surface area contributed by atoms with Crippen LogP contribution >= 0.6 is 0 Å². The first kappa shape index (κ1) is 35.7. The lowest BCUT2D eigenvalue weighted by Crippen LogP contribution is -2.10. The van der Waals surface area contributed by atoms with Gasteiger partial charge in [-0.25, -0.2) is 0 Å². The molecule has 0 aliphatic rings. The molecular weight excluding hydrogens is 711 g/mol. The van der Waals surface area contributed by atoms with Gasteiger partial charge in [-0.05, 0) is 120 Å². The highest BCUT2D eigenvalue weighted by molar-refractivity contribution is 6.00. The molecule has 10 aromatic carbocycles.